The molecule has 20 heavy (non-hydrogen) atoms. The molecule has 1 aliphatic carbocycles. The topological polar surface area (TPSA) is 56.1 Å². The molecule has 1 saturated carbocycles. The number of carbonyl (C=O) groups is 1. The maximum atomic E-state index is 11.7. The molecule has 5 nitrogen and oxygen atoms in total. The van der Waals surface area contributed by atoms with Crippen LogP contribution < -0.4 is 5.32 Å². The van der Waals surface area contributed by atoms with Crippen LogP contribution in [0.15, 0.2) is 12.4 Å². The fraction of sp³-hybridized carbons (Fsp3) is 0.733. The highest BCUT2D eigenvalue weighted by Crippen LogP contribution is 2.25. The summed E-state index contributed by atoms with van der Waals surface area (Å²) in [5.74, 6) is 0.703. The summed E-state index contributed by atoms with van der Waals surface area (Å²) in [6.07, 6.45) is 9.54. The average Bonchev–Trinajstić information content (AvgIpc) is 2.82. The Labute approximate surface area is 120 Å². The van der Waals surface area contributed by atoms with Gasteiger partial charge in [-0.3, -0.25) is 9.48 Å². The number of carbonyl (C=O) groups excluding carboxylic acids is 1. The Morgan fingerprint density at radius 2 is 2.40 bits per heavy atom. The summed E-state index contributed by atoms with van der Waals surface area (Å²) in [5, 5.41) is 6.99. The number of aromatic nitrogens is 2. The summed E-state index contributed by atoms with van der Waals surface area (Å²) in [4.78, 5) is 11.7. The van der Waals surface area contributed by atoms with Gasteiger partial charge in [0.2, 0.25) is 5.91 Å². The fourth-order valence-electron chi connectivity index (χ4n) is 2.72. The quantitative estimate of drug-likeness (QED) is 0.862. The van der Waals surface area contributed by atoms with Crippen molar-refractivity contribution in [1.29, 1.82) is 0 Å². The summed E-state index contributed by atoms with van der Waals surface area (Å²) in [5.41, 5.74) is 1.13. The van der Waals surface area contributed by atoms with Crippen molar-refractivity contribution in [1.82, 2.24) is 15.1 Å². The standard InChI is InChI=1S/C15H25N3O2/c1-12-4-3-5-14(8-12)20-11-15(19)16-7-6-13-9-17-18(2)10-13/h9-10,12,14H,3-8,11H2,1-2H3,(H,16,19)/t12-,14-/m1/s1. The van der Waals surface area contributed by atoms with Gasteiger partial charge < -0.3 is 10.1 Å². The van der Waals surface area contributed by atoms with E-state index in [1.807, 2.05) is 19.4 Å². The summed E-state index contributed by atoms with van der Waals surface area (Å²) in [7, 11) is 1.89. The first-order valence-electron chi connectivity index (χ1n) is 7.49. The lowest BCUT2D eigenvalue weighted by molar-refractivity contribution is -0.128. The van der Waals surface area contributed by atoms with Gasteiger partial charge in [0.25, 0.3) is 0 Å². The van der Waals surface area contributed by atoms with Crippen molar-refractivity contribution in [3.63, 3.8) is 0 Å². The van der Waals surface area contributed by atoms with Gasteiger partial charge in [0.15, 0.2) is 0 Å². The number of hydrogen-bond acceptors (Lipinski definition) is 3. The van der Waals surface area contributed by atoms with Crippen LogP contribution in [0.4, 0.5) is 0 Å². The van der Waals surface area contributed by atoms with Crippen LogP contribution in [0.2, 0.25) is 0 Å². The van der Waals surface area contributed by atoms with E-state index < -0.39 is 0 Å². The second kappa shape index (κ2) is 7.43. The maximum absolute atomic E-state index is 11.7. The number of nitrogens with zero attached hydrogens (tertiary/aromatic N) is 2. The minimum atomic E-state index is -0.0212. The van der Waals surface area contributed by atoms with E-state index in [1.54, 1.807) is 4.68 Å². The van der Waals surface area contributed by atoms with Gasteiger partial charge in [-0.25, -0.2) is 0 Å². The molecule has 0 aliphatic heterocycles. The van der Waals surface area contributed by atoms with E-state index in [1.165, 1.54) is 12.8 Å². The number of rotatable bonds is 6. The number of nitrogens with one attached hydrogen (secondary N) is 1. The second-order valence-electron chi connectivity index (χ2n) is 5.83. The summed E-state index contributed by atoms with van der Waals surface area (Å²) in [6, 6.07) is 0. The minimum Gasteiger partial charge on any atom is -0.368 e. The largest absolute Gasteiger partial charge is 0.368 e. The van der Waals surface area contributed by atoms with Gasteiger partial charge >= 0.3 is 0 Å². The summed E-state index contributed by atoms with van der Waals surface area (Å²) in [6.45, 7) is 3.07. The van der Waals surface area contributed by atoms with Crippen LogP contribution in [-0.2, 0) is 23.0 Å². The molecule has 1 amide bonds. The monoisotopic (exact) mass is 279 g/mol. The van der Waals surface area contributed by atoms with Crippen molar-refractivity contribution < 1.29 is 9.53 Å². The van der Waals surface area contributed by atoms with Gasteiger partial charge in [0.05, 0.1) is 12.3 Å². The van der Waals surface area contributed by atoms with Crippen molar-refractivity contribution in [2.45, 2.75) is 45.1 Å². The van der Waals surface area contributed by atoms with Gasteiger partial charge in [-0.2, -0.15) is 5.10 Å². The maximum Gasteiger partial charge on any atom is 0.246 e. The number of amides is 1. The first-order chi connectivity index (χ1) is 9.63. The predicted octanol–water partition coefficient (Wildman–Crippen LogP) is 1.67. The van der Waals surface area contributed by atoms with E-state index in [0.717, 1.165) is 30.7 Å². The highest BCUT2D eigenvalue weighted by Gasteiger charge is 2.19. The Balaban J connectivity index is 1.58. The van der Waals surface area contributed by atoms with Crippen molar-refractivity contribution in [3.05, 3.63) is 18.0 Å². The van der Waals surface area contributed by atoms with Crippen LogP contribution in [-0.4, -0.2) is 34.9 Å². The fourth-order valence-corrected chi connectivity index (χ4v) is 2.72. The Morgan fingerprint density at radius 1 is 1.55 bits per heavy atom. The molecular formula is C15H25N3O2. The third kappa shape index (κ3) is 4.96. The first-order valence-corrected chi connectivity index (χ1v) is 7.49. The van der Waals surface area contributed by atoms with E-state index in [9.17, 15) is 4.79 Å². The Kier molecular flexibility index (Phi) is 5.59. The molecule has 1 heterocycles. The third-order valence-corrected chi connectivity index (χ3v) is 3.83. The smallest absolute Gasteiger partial charge is 0.246 e. The van der Waals surface area contributed by atoms with Gasteiger partial charge in [-0.15, -0.1) is 0 Å². The lowest BCUT2D eigenvalue weighted by atomic mass is 9.89. The van der Waals surface area contributed by atoms with Gasteiger partial charge in [0.1, 0.15) is 6.61 Å². The predicted molar refractivity (Wildman–Crippen MR) is 77.3 cm³/mol. The summed E-state index contributed by atoms with van der Waals surface area (Å²) < 4.78 is 7.46. The van der Waals surface area contributed by atoms with Crippen molar-refractivity contribution in [2.75, 3.05) is 13.2 Å². The lowest BCUT2D eigenvalue weighted by Crippen LogP contribution is -2.32. The number of aryl methyl sites for hydroxylation is 1. The van der Waals surface area contributed by atoms with Crippen molar-refractivity contribution in [2.24, 2.45) is 13.0 Å². The zero-order valence-corrected chi connectivity index (χ0v) is 12.5. The number of ether oxygens (including phenoxy) is 1. The Hall–Kier alpha value is -1.36. The molecule has 5 heteroatoms. The zero-order valence-electron chi connectivity index (χ0n) is 12.5. The Morgan fingerprint density at radius 3 is 3.10 bits per heavy atom. The molecule has 0 saturated heterocycles. The molecule has 0 unspecified atom stereocenters. The third-order valence-electron chi connectivity index (χ3n) is 3.83. The highest BCUT2D eigenvalue weighted by molar-refractivity contribution is 5.77. The molecule has 1 N–H and O–H groups in total. The van der Waals surface area contributed by atoms with Crippen LogP contribution in [0, 0.1) is 5.92 Å². The first kappa shape index (κ1) is 15.0. The molecule has 1 aliphatic rings. The van der Waals surface area contributed by atoms with E-state index in [0.29, 0.717) is 6.54 Å². The SMILES string of the molecule is C[C@@H]1CCC[C@@H](OCC(=O)NCCc2cnn(C)c2)C1. The van der Waals surface area contributed by atoms with E-state index >= 15 is 0 Å². The molecule has 1 aromatic heterocycles. The molecule has 0 bridgehead atoms. The van der Waals surface area contributed by atoms with E-state index in [4.69, 9.17) is 4.74 Å². The molecule has 0 radical (unpaired) electrons. The molecule has 2 atom stereocenters. The van der Waals surface area contributed by atoms with Crippen LogP contribution in [0.3, 0.4) is 0 Å². The lowest BCUT2D eigenvalue weighted by Gasteiger charge is -2.26. The van der Waals surface area contributed by atoms with Gasteiger partial charge in [-0.1, -0.05) is 19.8 Å². The minimum absolute atomic E-state index is 0.0212. The molecule has 2 rings (SSSR count). The molecule has 0 aromatic carbocycles. The van der Waals surface area contributed by atoms with Crippen LogP contribution in [0.1, 0.15) is 38.2 Å². The number of hydrogen-bond donors (Lipinski definition) is 1. The molecule has 0 spiro atoms. The molecule has 1 aromatic rings. The van der Waals surface area contributed by atoms with Gasteiger partial charge in [0, 0.05) is 19.8 Å². The zero-order chi connectivity index (χ0) is 14.4. The highest BCUT2D eigenvalue weighted by atomic mass is 16.5. The molecule has 1 fully saturated rings. The van der Waals surface area contributed by atoms with Gasteiger partial charge in [-0.05, 0) is 30.7 Å². The molecule has 112 valence electrons. The normalized spacial score (nSPS) is 22.7. The van der Waals surface area contributed by atoms with Crippen molar-refractivity contribution in [3.8, 4) is 0 Å². The second-order valence-corrected chi connectivity index (χ2v) is 5.83. The van der Waals surface area contributed by atoms with Crippen LogP contribution in [0.5, 0.6) is 0 Å². The van der Waals surface area contributed by atoms with Crippen LogP contribution in [0.25, 0.3) is 0 Å². The Bertz CT molecular complexity index is 431. The average molecular weight is 279 g/mol. The summed E-state index contributed by atoms with van der Waals surface area (Å²) >= 11 is 0. The van der Waals surface area contributed by atoms with Crippen molar-refractivity contribution >= 4 is 5.91 Å². The van der Waals surface area contributed by atoms with E-state index in [2.05, 4.69) is 17.3 Å². The van der Waals surface area contributed by atoms with Crippen LogP contribution >= 0.6 is 0 Å². The van der Waals surface area contributed by atoms with E-state index in [-0.39, 0.29) is 18.6 Å². The molecular weight excluding hydrogens is 254 g/mol.